The molecular formula is C38H46O6S. The normalized spacial score (nSPS) is 36.3. The highest BCUT2D eigenvalue weighted by atomic mass is 32.1. The first-order valence-electron chi connectivity index (χ1n) is 16.4. The molecule has 2 aromatic rings. The van der Waals surface area contributed by atoms with E-state index in [1.54, 1.807) is 17.4 Å². The van der Waals surface area contributed by atoms with Crippen LogP contribution >= 0.6 is 11.3 Å². The minimum absolute atomic E-state index is 0.00259. The van der Waals surface area contributed by atoms with Crippen LogP contribution < -0.4 is 0 Å². The van der Waals surface area contributed by atoms with Gasteiger partial charge < -0.3 is 23.7 Å². The highest BCUT2D eigenvalue weighted by Gasteiger charge is 2.43. The Morgan fingerprint density at radius 3 is 2.64 bits per heavy atom. The van der Waals surface area contributed by atoms with Gasteiger partial charge in [0.25, 0.3) is 0 Å². The van der Waals surface area contributed by atoms with Gasteiger partial charge in [0, 0.05) is 34.8 Å². The summed E-state index contributed by atoms with van der Waals surface area (Å²) in [5.41, 5.74) is 4.41. The topological polar surface area (TPSA) is 63.2 Å². The van der Waals surface area contributed by atoms with Crippen LogP contribution in [-0.4, -0.2) is 49.2 Å². The van der Waals surface area contributed by atoms with Gasteiger partial charge in [-0.3, -0.25) is 0 Å². The van der Waals surface area contributed by atoms with E-state index in [1.165, 1.54) is 10.5 Å². The van der Waals surface area contributed by atoms with Crippen LogP contribution in [0.2, 0.25) is 0 Å². The van der Waals surface area contributed by atoms with Crippen molar-refractivity contribution in [2.24, 2.45) is 11.8 Å². The van der Waals surface area contributed by atoms with Gasteiger partial charge in [-0.25, -0.2) is 4.79 Å². The molecule has 7 heteroatoms. The molecule has 3 fully saturated rings. The Kier molecular flexibility index (Phi) is 10.5. The average molecular weight is 631 g/mol. The highest BCUT2D eigenvalue weighted by Crippen LogP contribution is 2.38. The summed E-state index contributed by atoms with van der Waals surface area (Å²) in [6, 6.07) is 12.5. The zero-order chi connectivity index (χ0) is 31.3. The number of carbonyl (C=O) groups excluding carboxylic acids is 1. The number of rotatable bonds is 2. The summed E-state index contributed by atoms with van der Waals surface area (Å²) in [5, 5.41) is 2.08. The van der Waals surface area contributed by atoms with Crippen molar-refractivity contribution in [3.63, 3.8) is 0 Å². The van der Waals surface area contributed by atoms with Gasteiger partial charge in [-0.15, -0.1) is 11.3 Å². The van der Waals surface area contributed by atoms with E-state index in [0.717, 1.165) is 42.4 Å². The van der Waals surface area contributed by atoms with E-state index in [2.05, 4.69) is 87.4 Å². The molecule has 0 radical (unpaired) electrons. The highest BCUT2D eigenvalue weighted by molar-refractivity contribution is 7.10. The molecule has 6 rings (SSSR count). The minimum Gasteiger partial charge on any atom is -0.458 e. The van der Waals surface area contributed by atoms with Crippen LogP contribution in [0.3, 0.4) is 0 Å². The Hall–Kier alpha value is -2.81. The van der Waals surface area contributed by atoms with E-state index in [0.29, 0.717) is 19.4 Å². The van der Waals surface area contributed by atoms with E-state index < -0.39 is 6.29 Å². The number of hydrogen-bond donors (Lipinski definition) is 0. The van der Waals surface area contributed by atoms with Crippen molar-refractivity contribution < 1.29 is 28.5 Å². The lowest BCUT2D eigenvalue weighted by Gasteiger charge is -2.44. The molecule has 0 spiro atoms. The number of benzene rings is 1. The van der Waals surface area contributed by atoms with Gasteiger partial charge in [0.15, 0.2) is 6.29 Å². The molecule has 240 valence electrons. The van der Waals surface area contributed by atoms with Crippen LogP contribution in [0.1, 0.15) is 81.6 Å². The van der Waals surface area contributed by atoms with Crippen LogP contribution in [-0.2, 0) is 28.5 Å². The molecule has 0 N–H and O–H groups in total. The molecule has 0 aliphatic carbocycles. The third-order valence-corrected chi connectivity index (χ3v) is 10.3. The Labute approximate surface area is 271 Å². The maximum atomic E-state index is 13.2. The molecule has 3 saturated heterocycles. The zero-order valence-corrected chi connectivity index (χ0v) is 27.5. The molecule has 0 saturated carbocycles. The van der Waals surface area contributed by atoms with E-state index in [-0.39, 0.29) is 54.4 Å². The van der Waals surface area contributed by atoms with Crippen LogP contribution in [0, 0.1) is 11.8 Å². The lowest BCUT2D eigenvalue weighted by molar-refractivity contribution is -0.225. The second-order valence-corrected chi connectivity index (χ2v) is 14.1. The summed E-state index contributed by atoms with van der Waals surface area (Å²) in [5.74, 6) is -0.304. The molecule has 4 aliphatic rings. The predicted octanol–water partition coefficient (Wildman–Crippen LogP) is 8.46. The fourth-order valence-electron chi connectivity index (χ4n) is 7.23. The van der Waals surface area contributed by atoms with Crippen molar-refractivity contribution in [3.05, 3.63) is 93.7 Å². The zero-order valence-electron chi connectivity index (χ0n) is 26.6. The second kappa shape index (κ2) is 14.7. The van der Waals surface area contributed by atoms with Crippen molar-refractivity contribution in [2.45, 2.75) is 102 Å². The first-order chi connectivity index (χ1) is 21.8. The van der Waals surface area contributed by atoms with E-state index >= 15 is 0 Å². The van der Waals surface area contributed by atoms with E-state index in [1.807, 2.05) is 6.08 Å². The number of carbonyl (C=O) groups is 1. The Morgan fingerprint density at radius 2 is 1.80 bits per heavy atom. The molecule has 0 unspecified atom stereocenters. The van der Waals surface area contributed by atoms with Crippen LogP contribution in [0.4, 0.5) is 0 Å². The Morgan fingerprint density at radius 1 is 0.956 bits per heavy atom. The third kappa shape index (κ3) is 8.13. The molecule has 1 aromatic carbocycles. The second-order valence-electron chi connectivity index (χ2n) is 13.1. The standard InChI is InChI=1S/C38H46O6S/c1-24-19-30-12-7-15-35(39)44-37-26(3)34(43-36(27(37)4)25(2)21-33-13-8-18-45-33)14-6-10-28-9-5-11-29(22-28)38-40-17-16-31(42-38)23-32(20-24)41-30/h5-11,13,15,18,21-22,26-27,30-32,34,36-38H,1,12,14,16-17,19-20,23H2,2-4H3/b10-6+,15-7-,25-21+/t26-,27-,30-,31-,32+,34+,36-,37-,38-/m0/s1. The van der Waals surface area contributed by atoms with Crippen molar-refractivity contribution in [2.75, 3.05) is 6.61 Å². The van der Waals surface area contributed by atoms with E-state index in [9.17, 15) is 4.79 Å². The van der Waals surface area contributed by atoms with Crippen molar-refractivity contribution >= 4 is 29.5 Å². The van der Waals surface area contributed by atoms with Gasteiger partial charge in [0.2, 0.25) is 0 Å². The number of esters is 1. The smallest absolute Gasteiger partial charge is 0.330 e. The molecule has 8 bridgehead atoms. The summed E-state index contributed by atoms with van der Waals surface area (Å²) in [6.45, 7) is 11.3. The van der Waals surface area contributed by atoms with Crippen molar-refractivity contribution in [1.82, 2.24) is 0 Å². The monoisotopic (exact) mass is 630 g/mol. The largest absolute Gasteiger partial charge is 0.458 e. The van der Waals surface area contributed by atoms with Gasteiger partial charge in [0.1, 0.15) is 6.10 Å². The first-order valence-corrected chi connectivity index (χ1v) is 17.3. The molecule has 5 heterocycles. The van der Waals surface area contributed by atoms with E-state index in [4.69, 9.17) is 23.7 Å². The molecule has 1 aromatic heterocycles. The fourth-order valence-corrected chi connectivity index (χ4v) is 7.95. The van der Waals surface area contributed by atoms with Gasteiger partial charge in [0.05, 0.1) is 37.1 Å². The maximum Gasteiger partial charge on any atom is 0.330 e. The lowest BCUT2D eigenvalue weighted by atomic mass is 9.79. The van der Waals surface area contributed by atoms with Gasteiger partial charge >= 0.3 is 5.97 Å². The third-order valence-electron chi connectivity index (χ3n) is 9.52. The Bertz CT molecular complexity index is 1410. The maximum absolute atomic E-state index is 13.2. The summed E-state index contributed by atoms with van der Waals surface area (Å²) in [4.78, 5) is 14.4. The van der Waals surface area contributed by atoms with Crippen molar-refractivity contribution in [1.29, 1.82) is 0 Å². The van der Waals surface area contributed by atoms with Crippen LogP contribution in [0.15, 0.2) is 77.7 Å². The summed E-state index contributed by atoms with van der Waals surface area (Å²) in [7, 11) is 0. The summed E-state index contributed by atoms with van der Waals surface area (Å²) < 4.78 is 32.0. The van der Waals surface area contributed by atoms with Gasteiger partial charge in [-0.05, 0) is 73.8 Å². The van der Waals surface area contributed by atoms with Gasteiger partial charge in [-0.1, -0.05) is 68.5 Å². The summed E-state index contributed by atoms with van der Waals surface area (Å²) >= 11 is 1.70. The van der Waals surface area contributed by atoms with Gasteiger partial charge in [-0.2, -0.15) is 0 Å². The molecule has 6 nitrogen and oxygen atoms in total. The molecule has 9 atom stereocenters. The number of hydrogen-bond acceptors (Lipinski definition) is 7. The minimum atomic E-state index is -0.400. The fraction of sp³-hybridized carbons (Fsp3) is 0.500. The number of thiophene rings is 1. The molecule has 4 aliphatic heterocycles. The van der Waals surface area contributed by atoms with Crippen molar-refractivity contribution in [3.8, 4) is 0 Å². The first kappa shape index (κ1) is 32.1. The quantitative estimate of drug-likeness (QED) is 0.245. The lowest BCUT2D eigenvalue weighted by Crippen LogP contribution is -2.50. The Balaban J connectivity index is 1.28. The molecule has 45 heavy (non-hydrogen) atoms. The average Bonchev–Trinajstić information content (AvgIpc) is 3.53. The van der Waals surface area contributed by atoms with Crippen LogP contribution in [0.5, 0.6) is 0 Å². The summed E-state index contributed by atoms with van der Waals surface area (Å²) in [6.07, 6.45) is 13.6. The molecular weight excluding hydrogens is 584 g/mol. The van der Waals surface area contributed by atoms with Crippen LogP contribution in [0.25, 0.3) is 12.2 Å². The predicted molar refractivity (Wildman–Crippen MR) is 179 cm³/mol. The number of ether oxygens (including phenoxy) is 5. The number of fused-ring (bicyclic) bond motifs is 9. The SMILES string of the molecule is C=C1C[C@@H]2C[C@@H]3CCO[C@@H](O3)c3cccc(c3)/C=C/C[C@H]3O[C@@H](/C(C)=C/c4cccs4)[C@H](C)[C@@H](OC(=O)/C=C\C[C@@H](C1)O2)[C@H]3C. The molecule has 0 amide bonds.